The number of sulfone groups is 1. The number of hydrogen-bond acceptors (Lipinski definition) is 4. The standard InChI is InChI=1S/C7H9Br2NO4S/c8-6(9)3-14-7(11)10-5-1-2-15(12,13)4-5/h1-2,5-6H,3-4H2,(H,10,11). The van der Waals surface area contributed by atoms with Crippen molar-refractivity contribution in [2.45, 2.75) is 9.78 Å². The summed E-state index contributed by atoms with van der Waals surface area (Å²) in [6.45, 7) is 0.162. The van der Waals surface area contributed by atoms with Crippen molar-refractivity contribution in [1.82, 2.24) is 5.32 Å². The maximum atomic E-state index is 11.1. The quantitative estimate of drug-likeness (QED) is 0.764. The lowest BCUT2D eigenvalue weighted by Crippen LogP contribution is -2.36. The van der Waals surface area contributed by atoms with E-state index in [1.54, 1.807) is 0 Å². The van der Waals surface area contributed by atoms with Gasteiger partial charge in [-0.1, -0.05) is 31.9 Å². The summed E-state index contributed by atoms with van der Waals surface area (Å²) in [6, 6.07) is -0.494. The topological polar surface area (TPSA) is 72.5 Å². The number of hydrogen-bond donors (Lipinski definition) is 1. The van der Waals surface area contributed by atoms with Gasteiger partial charge in [0.15, 0.2) is 9.84 Å². The molecule has 1 amide bonds. The van der Waals surface area contributed by atoms with Gasteiger partial charge < -0.3 is 10.1 Å². The number of rotatable bonds is 3. The van der Waals surface area contributed by atoms with Crippen LogP contribution in [0.3, 0.4) is 0 Å². The van der Waals surface area contributed by atoms with Crippen molar-refractivity contribution < 1.29 is 17.9 Å². The Morgan fingerprint density at radius 1 is 1.60 bits per heavy atom. The molecule has 0 bridgehead atoms. The smallest absolute Gasteiger partial charge is 0.407 e. The molecule has 0 spiro atoms. The molecule has 0 aromatic rings. The molecule has 0 saturated carbocycles. The SMILES string of the molecule is O=C(NC1C=CS(=O)(=O)C1)OCC(Br)Br. The molecule has 1 N–H and O–H groups in total. The van der Waals surface area contributed by atoms with Gasteiger partial charge in [0.05, 0.1) is 11.8 Å². The predicted octanol–water partition coefficient (Wildman–Crippen LogP) is 1.14. The molecule has 1 atom stereocenters. The first-order valence-electron chi connectivity index (χ1n) is 4.01. The van der Waals surface area contributed by atoms with E-state index in [2.05, 4.69) is 37.2 Å². The average Bonchev–Trinajstić information content (AvgIpc) is 2.42. The van der Waals surface area contributed by atoms with Crippen molar-refractivity contribution in [3.8, 4) is 0 Å². The summed E-state index contributed by atoms with van der Waals surface area (Å²) in [5.74, 6) is -0.103. The molecule has 1 rings (SSSR count). The Kier molecular flexibility index (Phi) is 4.60. The Balaban J connectivity index is 2.32. The highest BCUT2D eigenvalue weighted by Crippen LogP contribution is 2.09. The van der Waals surface area contributed by atoms with E-state index < -0.39 is 22.0 Å². The first-order valence-corrected chi connectivity index (χ1v) is 7.56. The first kappa shape index (κ1) is 13.0. The molecule has 0 aromatic carbocycles. The molecule has 5 nitrogen and oxygen atoms in total. The summed E-state index contributed by atoms with van der Waals surface area (Å²) >= 11 is 6.27. The van der Waals surface area contributed by atoms with Crippen molar-refractivity contribution in [2.24, 2.45) is 0 Å². The minimum atomic E-state index is -3.14. The Hall–Kier alpha value is -0.0800. The number of alkyl carbamates (subject to hydrolysis) is 1. The summed E-state index contributed by atoms with van der Waals surface area (Å²) in [5.41, 5.74) is 0. The number of amides is 1. The minimum absolute atomic E-state index is 0.103. The van der Waals surface area contributed by atoms with Crippen molar-refractivity contribution >= 4 is 47.8 Å². The van der Waals surface area contributed by atoms with E-state index in [0.717, 1.165) is 5.41 Å². The molecule has 0 saturated heterocycles. The van der Waals surface area contributed by atoms with Crippen LogP contribution in [0.1, 0.15) is 0 Å². The number of carbonyl (C=O) groups is 1. The van der Waals surface area contributed by atoms with E-state index in [4.69, 9.17) is 4.74 Å². The Morgan fingerprint density at radius 3 is 2.73 bits per heavy atom. The van der Waals surface area contributed by atoms with E-state index in [0.29, 0.717) is 0 Å². The maximum Gasteiger partial charge on any atom is 0.407 e. The van der Waals surface area contributed by atoms with Gasteiger partial charge in [0.2, 0.25) is 0 Å². The van der Waals surface area contributed by atoms with Crippen molar-refractivity contribution in [3.05, 3.63) is 11.5 Å². The van der Waals surface area contributed by atoms with Gasteiger partial charge in [0, 0.05) is 5.41 Å². The molecule has 1 aliphatic heterocycles. The fourth-order valence-electron chi connectivity index (χ4n) is 0.997. The molecule has 86 valence electrons. The molecule has 0 aromatic heterocycles. The van der Waals surface area contributed by atoms with E-state index in [1.807, 2.05) is 0 Å². The molecular weight excluding hydrogens is 354 g/mol. The van der Waals surface area contributed by atoms with Crippen LogP contribution in [0.2, 0.25) is 0 Å². The molecular formula is C7H9Br2NO4S. The molecule has 1 heterocycles. The van der Waals surface area contributed by atoms with Crippen LogP contribution in [0.5, 0.6) is 0 Å². The van der Waals surface area contributed by atoms with E-state index >= 15 is 0 Å². The van der Waals surface area contributed by atoms with Gasteiger partial charge in [-0.05, 0) is 6.08 Å². The lowest BCUT2D eigenvalue weighted by molar-refractivity contribution is 0.151. The van der Waals surface area contributed by atoms with Gasteiger partial charge in [-0.15, -0.1) is 0 Å². The molecule has 0 fully saturated rings. The first-order chi connectivity index (χ1) is 6.89. The number of nitrogens with one attached hydrogen (secondary N) is 1. The van der Waals surface area contributed by atoms with Gasteiger partial charge in [0.25, 0.3) is 0 Å². The van der Waals surface area contributed by atoms with Gasteiger partial charge in [0.1, 0.15) is 10.3 Å². The van der Waals surface area contributed by atoms with Gasteiger partial charge in [-0.2, -0.15) is 0 Å². The second-order valence-corrected chi connectivity index (χ2v) is 8.27. The average molecular weight is 363 g/mol. The second-order valence-electron chi connectivity index (χ2n) is 2.90. The van der Waals surface area contributed by atoms with Crippen LogP contribution in [0.4, 0.5) is 4.79 Å². The number of halogens is 2. The normalized spacial score (nSPS) is 23.0. The molecule has 0 radical (unpaired) electrons. The third-order valence-corrected chi connectivity index (χ3v) is 3.50. The highest BCUT2D eigenvalue weighted by molar-refractivity contribution is 9.24. The van der Waals surface area contributed by atoms with Crippen LogP contribution >= 0.6 is 31.9 Å². The fourth-order valence-corrected chi connectivity index (χ4v) is 2.50. The summed E-state index contributed by atoms with van der Waals surface area (Å²) in [5, 5.41) is 3.51. The lowest BCUT2D eigenvalue weighted by atomic mass is 10.3. The van der Waals surface area contributed by atoms with Crippen LogP contribution in [0.25, 0.3) is 0 Å². The fraction of sp³-hybridized carbons (Fsp3) is 0.571. The Bertz CT molecular complexity index is 365. The van der Waals surface area contributed by atoms with Crippen LogP contribution in [0, 0.1) is 0 Å². The van der Waals surface area contributed by atoms with Crippen molar-refractivity contribution in [3.63, 3.8) is 0 Å². The molecule has 0 aliphatic carbocycles. The van der Waals surface area contributed by atoms with Crippen LogP contribution in [-0.2, 0) is 14.6 Å². The van der Waals surface area contributed by atoms with Crippen LogP contribution < -0.4 is 5.32 Å². The molecule has 1 unspecified atom stereocenters. The van der Waals surface area contributed by atoms with E-state index in [9.17, 15) is 13.2 Å². The van der Waals surface area contributed by atoms with Crippen LogP contribution in [-0.4, -0.2) is 36.6 Å². The highest BCUT2D eigenvalue weighted by atomic mass is 79.9. The maximum absolute atomic E-state index is 11.1. The molecule has 1 aliphatic rings. The lowest BCUT2D eigenvalue weighted by Gasteiger charge is -2.10. The molecule has 15 heavy (non-hydrogen) atoms. The molecule has 8 heteroatoms. The monoisotopic (exact) mass is 361 g/mol. The third kappa shape index (κ3) is 4.98. The highest BCUT2D eigenvalue weighted by Gasteiger charge is 2.23. The minimum Gasteiger partial charge on any atom is -0.447 e. The third-order valence-electron chi connectivity index (χ3n) is 1.57. The Morgan fingerprint density at radius 2 is 2.27 bits per heavy atom. The van der Waals surface area contributed by atoms with E-state index in [1.165, 1.54) is 6.08 Å². The van der Waals surface area contributed by atoms with Crippen molar-refractivity contribution in [1.29, 1.82) is 0 Å². The predicted molar refractivity (Wildman–Crippen MR) is 62.8 cm³/mol. The summed E-state index contributed by atoms with van der Waals surface area (Å²) in [7, 11) is -3.14. The number of ether oxygens (including phenoxy) is 1. The zero-order valence-electron chi connectivity index (χ0n) is 7.52. The summed E-state index contributed by atoms with van der Waals surface area (Å²) in [4.78, 5) is 11.1. The van der Waals surface area contributed by atoms with Crippen molar-refractivity contribution in [2.75, 3.05) is 12.4 Å². The summed E-state index contributed by atoms with van der Waals surface area (Å²) < 4.78 is 26.6. The number of alkyl halides is 2. The zero-order chi connectivity index (χ0) is 11.5. The Labute approximate surface area is 104 Å². The summed E-state index contributed by atoms with van der Waals surface area (Å²) in [6.07, 6.45) is 0.793. The second kappa shape index (κ2) is 5.31. The van der Waals surface area contributed by atoms with E-state index in [-0.39, 0.29) is 16.1 Å². The largest absolute Gasteiger partial charge is 0.447 e. The van der Waals surface area contributed by atoms with Gasteiger partial charge in [-0.25, -0.2) is 13.2 Å². The zero-order valence-corrected chi connectivity index (χ0v) is 11.5. The van der Waals surface area contributed by atoms with Gasteiger partial charge >= 0.3 is 6.09 Å². The number of carbonyl (C=O) groups excluding carboxylic acids is 1. The van der Waals surface area contributed by atoms with Gasteiger partial charge in [-0.3, -0.25) is 0 Å². The van der Waals surface area contributed by atoms with Crippen LogP contribution in [0.15, 0.2) is 11.5 Å².